The van der Waals surface area contributed by atoms with Gasteiger partial charge < -0.3 is 9.47 Å². The highest BCUT2D eigenvalue weighted by Gasteiger charge is 2.19. The Kier molecular flexibility index (Phi) is 4.18. The van der Waals surface area contributed by atoms with Gasteiger partial charge in [0.15, 0.2) is 0 Å². The van der Waals surface area contributed by atoms with E-state index < -0.39 is 10.9 Å². The number of nitrogens with zero attached hydrogens (tertiary/aromatic N) is 1. The molecule has 0 aliphatic rings. The van der Waals surface area contributed by atoms with E-state index in [0.717, 1.165) is 5.56 Å². The smallest absolute Gasteiger partial charge is 0.337 e. The monoisotopic (exact) mass is 287 g/mol. The highest BCUT2D eigenvalue weighted by Crippen LogP contribution is 2.32. The van der Waals surface area contributed by atoms with E-state index in [1.54, 1.807) is 12.1 Å². The number of nitro groups is 1. The van der Waals surface area contributed by atoms with Crippen LogP contribution in [-0.4, -0.2) is 18.0 Å². The molecular formula is C15H13NO5. The molecule has 0 N–H and O–H groups in total. The summed E-state index contributed by atoms with van der Waals surface area (Å²) in [6.07, 6.45) is 0. The number of methoxy groups -OCH3 is 1. The van der Waals surface area contributed by atoms with Crippen molar-refractivity contribution in [3.63, 3.8) is 0 Å². The largest absolute Gasteiger partial charge is 0.465 e. The van der Waals surface area contributed by atoms with E-state index >= 15 is 0 Å². The maximum absolute atomic E-state index is 11.5. The van der Waals surface area contributed by atoms with E-state index in [-0.39, 0.29) is 17.0 Å². The molecule has 0 aliphatic carbocycles. The van der Waals surface area contributed by atoms with Crippen LogP contribution >= 0.6 is 0 Å². The van der Waals surface area contributed by atoms with Gasteiger partial charge in [-0.2, -0.15) is 0 Å². The molecule has 0 aliphatic heterocycles. The zero-order valence-corrected chi connectivity index (χ0v) is 11.5. The highest BCUT2D eigenvalue weighted by atomic mass is 16.6. The maximum atomic E-state index is 11.5. The molecule has 6 nitrogen and oxygen atoms in total. The summed E-state index contributed by atoms with van der Waals surface area (Å²) >= 11 is 0. The zero-order chi connectivity index (χ0) is 15.4. The Morgan fingerprint density at radius 3 is 2.38 bits per heavy atom. The number of rotatable bonds is 4. The zero-order valence-electron chi connectivity index (χ0n) is 11.5. The summed E-state index contributed by atoms with van der Waals surface area (Å²) in [7, 11) is 1.24. The van der Waals surface area contributed by atoms with Crippen LogP contribution in [0.4, 0.5) is 5.69 Å². The van der Waals surface area contributed by atoms with E-state index in [1.165, 1.54) is 25.3 Å². The number of esters is 1. The Labute approximate surface area is 121 Å². The molecule has 6 heteroatoms. The van der Waals surface area contributed by atoms with Gasteiger partial charge >= 0.3 is 11.7 Å². The van der Waals surface area contributed by atoms with Crippen LogP contribution in [0.25, 0.3) is 0 Å². The molecular weight excluding hydrogens is 274 g/mol. The van der Waals surface area contributed by atoms with Gasteiger partial charge in [-0.25, -0.2) is 4.79 Å². The molecule has 2 rings (SSSR count). The fourth-order valence-electron chi connectivity index (χ4n) is 1.72. The molecule has 0 unspecified atom stereocenters. The van der Waals surface area contributed by atoms with E-state index in [0.29, 0.717) is 5.75 Å². The summed E-state index contributed by atoms with van der Waals surface area (Å²) in [5, 5.41) is 11.0. The molecule has 0 heterocycles. The quantitative estimate of drug-likeness (QED) is 0.488. The van der Waals surface area contributed by atoms with Crippen molar-refractivity contribution in [1.29, 1.82) is 0 Å². The molecule has 2 aromatic rings. The summed E-state index contributed by atoms with van der Waals surface area (Å²) < 4.78 is 10.1. The SMILES string of the molecule is COC(=O)c1ccc([N+](=O)[O-])c(Oc2ccc(C)cc2)c1. The van der Waals surface area contributed by atoms with Crippen molar-refractivity contribution in [2.45, 2.75) is 6.92 Å². The van der Waals surface area contributed by atoms with Crippen molar-refractivity contribution in [3.05, 3.63) is 63.7 Å². The van der Waals surface area contributed by atoms with Crippen molar-refractivity contribution in [2.24, 2.45) is 0 Å². The first-order valence-corrected chi connectivity index (χ1v) is 6.12. The van der Waals surface area contributed by atoms with Crippen molar-refractivity contribution >= 4 is 11.7 Å². The van der Waals surface area contributed by atoms with Crippen LogP contribution in [0.15, 0.2) is 42.5 Å². The molecule has 21 heavy (non-hydrogen) atoms. The summed E-state index contributed by atoms with van der Waals surface area (Å²) in [5.74, 6) is -0.142. The van der Waals surface area contributed by atoms with Gasteiger partial charge in [-0.15, -0.1) is 0 Å². The van der Waals surface area contributed by atoms with Crippen molar-refractivity contribution in [2.75, 3.05) is 7.11 Å². The van der Waals surface area contributed by atoms with Crippen LogP contribution in [0.1, 0.15) is 15.9 Å². The van der Waals surface area contributed by atoms with Gasteiger partial charge in [-0.3, -0.25) is 10.1 Å². The van der Waals surface area contributed by atoms with E-state index in [4.69, 9.17) is 4.74 Å². The van der Waals surface area contributed by atoms with Crippen LogP contribution in [0.2, 0.25) is 0 Å². The van der Waals surface area contributed by atoms with Gasteiger partial charge in [-0.05, 0) is 25.1 Å². The highest BCUT2D eigenvalue weighted by molar-refractivity contribution is 5.90. The average molecular weight is 287 g/mol. The molecule has 0 aromatic heterocycles. The second kappa shape index (κ2) is 6.04. The lowest BCUT2D eigenvalue weighted by atomic mass is 10.2. The number of carbonyl (C=O) groups excluding carboxylic acids is 1. The Hall–Kier alpha value is -2.89. The molecule has 0 spiro atoms. The number of benzene rings is 2. The minimum atomic E-state index is -0.585. The van der Waals surface area contributed by atoms with Gasteiger partial charge in [0, 0.05) is 12.1 Å². The van der Waals surface area contributed by atoms with Crippen LogP contribution in [0, 0.1) is 17.0 Å². The summed E-state index contributed by atoms with van der Waals surface area (Å²) in [6, 6.07) is 10.9. The lowest BCUT2D eigenvalue weighted by molar-refractivity contribution is -0.385. The normalized spacial score (nSPS) is 10.0. The lowest BCUT2D eigenvalue weighted by Gasteiger charge is -2.08. The first kappa shape index (κ1) is 14.5. The standard InChI is InChI=1S/C15H13NO5/c1-10-3-6-12(7-4-10)21-14-9-11(15(17)20-2)5-8-13(14)16(18)19/h3-9H,1-2H3. The number of hydrogen-bond donors (Lipinski definition) is 0. The molecule has 0 saturated carbocycles. The molecule has 0 bridgehead atoms. The first-order chi connectivity index (χ1) is 10.0. The summed E-state index contributed by atoms with van der Waals surface area (Å²) in [4.78, 5) is 22.0. The van der Waals surface area contributed by atoms with Gasteiger partial charge in [0.1, 0.15) is 5.75 Å². The number of ether oxygens (including phenoxy) is 2. The van der Waals surface area contributed by atoms with E-state index in [1.807, 2.05) is 19.1 Å². The van der Waals surface area contributed by atoms with E-state index in [9.17, 15) is 14.9 Å². The minimum Gasteiger partial charge on any atom is -0.465 e. The predicted octanol–water partition coefficient (Wildman–Crippen LogP) is 3.48. The fraction of sp³-hybridized carbons (Fsp3) is 0.133. The number of nitro benzene ring substituents is 1. The topological polar surface area (TPSA) is 78.7 Å². The number of aryl methyl sites for hydroxylation is 1. The molecule has 0 saturated heterocycles. The van der Waals surface area contributed by atoms with Gasteiger partial charge in [0.2, 0.25) is 5.75 Å². The second-order valence-corrected chi connectivity index (χ2v) is 4.35. The van der Waals surface area contributed by atoms with Crippen molar-refractivity contribution in [3.8, 4) is 11.5 Å². The molecule has 108 valence electrons. The third-order valence-electron chi connectivity index (χ3n) is 2.83. The van der Waals surface area contributed by atoms with Crippen LogP contribution < -0.4 is 4.74 Å². The number of hydrogen-bond acceptors (Lipinski definition) is 5. The molecule has 0 radical (unpaired) electrons. The maximum Gasteiger partial charge on any atom is 0.337 e. The third kappa shape index (κ3) is 3.36. The van der Waals surface area contributed by atoms with Gasteiger partial charge in [0.05, 0.1) is 17.6 Å². The van der Waals surface area contributed by atoms with Crippen molar-refractivity contribution in [1.82, 2.24) is 0 Å². The van der Waals surface area contributed by atoms with Crippen molar-refractivity contribution < 1.29 is 19.2 Å². The van der Waals surface area contributed by atoms with Gasteiger partial charge in [0.25, 0.3) is 0 Å². The minimum absolute atomic E-state index is 0.00764. The lowest BCUT2D eigenvalue weighted by Crippen LogP contribution is -2.02. The summed E-state index contributed by atoms with van der Waals surface area (Å²) in [5.41, 5.74) is 1.01. The third-order valence-corrected chi connectivity index (χ3v) is 2.83. The first-order valence-electron chi connectivity index (χ1n) is 6.12. The molecule has 0 amide bonds. The second-order valence-electron chi connectivity index (χ2n) is 4.35. The van der Waals surface area contributed by atoms with Crippen LogP contribution in [0.5, 0.6) is 11.5 Å². The van der Waals surface area contributed by atoms with Crippen LogP contribution in [-0.2, 0) is 4.74 Å². The van der Waals surface area contributed by atoms with Gasteiger partial charge in [-0.1, -0.05) is 17.7 Å². The fourth-order valence-corrected chi connectivity index (χ4v) is 1.72. The Bertz CT molecular complexity index is 679. The van der Waals surface area contributed by atoms with E-state index in [2.05, 4.69) is 4.74 Å². The Balaban J connectivity index is 2.40. The Morgan fingerprint density at radius 2 is 1.81 bits per heavy atom. The molecule has 0 fully saturated rings. The predicted molar refractivity (Wildman–Crippen MR) is 75.7 cm³/mol. The Morgan fingerprint density at radius 1 is 1.14 bits per heavy atom. The van der Waals surface area contributed by atoms with Crippen LogP contribution in [0.3, 0.4) is 0 Å². The molecule has 2 aromatic carbocycles. The summed E-state index contributed by atoms with van der Waals surface area (Å²) in [6.45, 7) is 1.92. The molecule has 0 atom stereocenters. The number of carbonyl (C=O) groups is 1. The average Bonchev–Trinajstić information content (AvgIpc) is 2.48.